The summed E-state index contributed by atoms with van der Waals surface area (Å²) in [5, 5.41) is 3.27. The average Bonchev–Trinajstić information content (AvgIpc) is 2.68. The quantitative estimate of drug-likeness (QED) is 0.809. The van der Waals surface area contributed by atoms with E-state index in [4.69, 9.17) is 0 Å². The van der Waals surface area contributed by atoms with E-state index in [-0.39, 0.29) is 5.91 Å². The van der Waals surface area contributed by atoms with Crippen molar-refractivity contribution in [2.45, 2.75) is 45.1 Å². The number of nitrogens with zero attached hydrogens (tertiary/aromatic N) is 1. The third kappa shape index (κ3) is 5.18. The fourth-order valence-corrected chi connectivity index (χ4v) is 3.66. The summed E-state index contributed by atoms with van der Waals surface area (Å²) in [4.78, 5) is 15.4. The molecule has 1 saturated heterocycles. The third-order valence-corrected chi connectivity index (χ3v) is 5.25. The number of hydrogen-bond donors (Lipinski definition) is 1. The van der Waals surface area contributed by atoms with Crippen molar-refractivity contribution in [3.05, 3.63) is 71.3 Å². The predicted octanol–water partition coefficient (Wildman–Crippen LogP) is 4.27. The molecule has 1 fully saturated rings. The molecule has 0 spiro atoms. The number of carbonyl (C=O) groups is 1. The van der Waals surface area contributed by atoms with E-state index in [0.717, 1.165) is 43.5 Å². The highest BCUT2D eigenvalue weighted by molar-refractivity contribution is 5.96. The van der Waals surface area contributed by atoms with Crippen LogP contribution >= 0.6 is 0 Å². The standard InChI is InChI=1S/C23H30N2O/c1-2-3-15-25-16-13-21(14-17-25)24-23(26)22-12-8-7-11-20(22)18-19-9-5-4-6-10-19/h4-12,21H,2-3,13-18H2,1H3,(H,24,26). The number of nitrogens with one attached hydrogen (secondary N) is 1. The van der Waals surface area contributed by atoms with Crippen LogP contribution in [0.1, 0.15) is 54.1 Å². The smallest absolute Gasteiger partial charge is 0.251 e. The van der Waals surface area contributed by atoms with Gasteiger partial charge in [-0.1, -0.05) is 61.9 Å². The van der Waals surface area contributed by atoms with Gasteiger partial charge in [0.05, 0.1) is 0 Å². The molecule has 0 bridgehead atoms. The first-order chi connectivity index (χ1) is 12.8. The van der Waals surface area contributed by atoms with Gasteiger partial charge >= 0.3 is 0 Å². The van der Waals surface area contributed by atoms with Gasteiger partial charge in [0, 0.05) is 24.7 Å². The number of amides is 1. The Morgan fingerprint density at radius 1 is 1.04 bits per heavy atom. The first kappa shape index (κ1) is 18.7. The third-order valence-electron chi connectivity index (χ3n) is 5.25. The molecule has 138 valence electrons. The van der Waals surface area contributed by atoms with Crippen molar-refractivity contribution in [3.8, 4) is 0 Å². The Morgan fingerprint density at radius 2 is 1.73 bits per heavy atom. The van der Waals surface area contributed by atoms with E-state index >= 15 is 0 Å². The second-order valence-electron chi connectivity index (χ2n) is 7.26. The maximum Gasteiger partial charge on any atom is 0.251 e. The number of benzene rings is 2. The second-order valence-corrected chi connectivity index (χ2v) is 7.26. The molecule has 3 nitrogen and oxygen atoms in total. The molecule has 0 atom stereocenters. The SMILES string of the molecule is CCCCN1CCC(NC(=O)c2ccccc2Cc2ccccc2)CC1. The monoisotopic (exact) mass is 350 g/mol. The number of hydrogen-bond acceptors (Lipinski definition) is 2. The zero-order valence-electron chi connectivity index (χ0n) is 15.8. The van der Waals surface area contributed by atoms with Crippen LogP contribution in [-0.2, 0) is 6.42 Å². The van der Waals surface area contributed by atoms with Gasteiger partial charge in [0.15, 0.2) is 0 Å². The summed E-state index contributed by atoms with van der Waals surface area (Å²) in [5.74, 6) is 0.0727. The number of likely N-dealkylation sites (tertiary alicyclic amines) is 1. The van der Waals surface area contributed by atoms with Crippen LogP contribution in [0.15, 0.2) is 54.6 Å². The first-order valence-electron chi connectivity index (χ1n) is 9.91. The molecule has 1 aliphatic rings. The molecule has 0 radical (unpaired) electrons. The molecule has 2 aromatic carbocycles. The van der Waals surface area contributed by atoms with Gasteiger partial charge in [-0.15, -0.1) is 0 Å². The molecule has 0 unspecified atom stereocenters. The summed E-state index contributed by atoms with van der Waals surface area (Å²) < 4.78 is 0. The Balaban J connectivity index is 1.59. The van der Waals surface area contributed by atoms with Crippen molar-refractivity contribution in [3.63, 3.8) is 0 Å². The van der Waals surface area contributed by atoms with Crippen molar-refractivity contribution in [1.29, 1.82) is 0 Å². The van der Waals surface area contributed by atoms with Gasteiger partial charge in [-0.25, -0.2) is 0 Å². The van der Waals surface area contributed by atoms with Crippen molar-refractivity contribution >= 4 is 5.91 Å². The van der Waals surface area contributed by atoms with Crippen molar-refractivity contribution in [1.82, 2.24) is 10.2 Å². The van der Waals surface area contributed by atoms with E-state index < -0.39 is 0 Å². The van der Waals surface area contributed by atoms with Crippen LogP contribution in [0.25, 0.3) is 0 Å². The fourth-order valence-electron chi connectivity index (χ4n) is 3.66. The Morgan fingerprint density at radius 3 is 2.46 bits per heavy atom. The molecule has 0 aromatic heterocycles. The van der Waals surface area contributed by atoms with Gasteiger partial charge in [0.25, 0.3) is 5.91 Å². The lowest BCUT2D eigenvalue weighted by atomic mass is 9.98. The highest BCUT2D eigenvalue weighted by atomic mass is 16.1. The van der Waals surface area contributed by atoms with Gasteiger partial charge in [0.2, 0.25) is 0 Å². The Kier molecular flexibility index (Phi) is 6.84. The van der Waals surface area contributed by atoms with Gasteiger partial charge < -0.3 is 10.2 Å². The topological polar surface area (TPSA) is 32.3 Å². The summed E-state index contributed by atoms with van der Waals surface area (Å²) in [6.45, 7) is 5.62. The number of rotatable bonds is 7. The molecular weight excluding hydrogens is 320 g/mol. The van der Waals surface area contributed by atoms with Crippen LogP contribution in [0, 0.1) is 0 Å². The second kappa shape index (κ2) is 9.54. The molecule has 0 saturated carbocycles. The molecule has 3 rings (SSSR count). The summed E-state index contributed by atoms with van der Waals surface area (Å²) in [6.07, 6.45) is 5.41. The predicted molar refractivity (Wildman–Crippen MR) is 108 cm³/mol. The Hall–Kier alpha value is -2.13. The number of carbonyl (C=O) groups excluding carboxylic acids is 1. The summed E-state index contributed by atoms with van der Waals surface area (Å²) >= 11 is 0. The van der Waals surface area contributed by atoms with Crippen molar-refractivity contribution in [2.75, 3.05) is 19.6 Å². The zero-order valence-corrected chi connectivity index (χ0v) is 15.8. The highest BCUT2D eigenvalue weighted by Crippen LogP contribution is 2.16. The first-order valence-corrected chi connectivity index (χ1v) is 9.91. The van der Waals surface area contributed by atoms with Crippen molar-refractivity contribution in [2.24, 2.45) is 0 Å². The van der Waals surface area contributed by atoms with E-state index in [1.54, 1.807) is 0 Å². The van der Waals surface area contributed by atoms with Crippen LogP contribution in [0.2, 0.25) is 0 Å². The lowest BCUT2D eigenvalue weighted by molar-refractivity contribution is 0.0910. The molecule has 3 heteroatoms. The van der Waals surface area contributed by atoms with Gasteiger partial charge in [-0.2, -0.15) is 0 Å². The maximum atomic E-state index is 12.9. The van der Waals surface area contributed by atoms with Gasteiger partial charge in [-0.05, 0) is 49.4 Å². The van der Waals surface area contributed by atoms with Crippen LogP contribution < -0.4 is 5.32 Å². The van der Waals surface area contributed by atoms with E-state index in [0.29, 0.717) is 6.04 Å². The molecule has 0 aliphatic carbocycles. The largest absolute Gasteiger partial charge is 0.349 e. The van der Waals surface area contributed by atoms with Crippen LogP contribution in [0.4, 0.5) is 0 Å². The van der Waals surface area contributed by atoms with Gasteiger partial charge in [-0.3, -0.25) is 4.79 Å². The minimum atomic E-state index is 0.0727. The number of piperidine rings is 1. The Bertz CT molecular complexity index is 690. The Labute approximate surface area is 157 Å². The molecule has 2 aromatic rings. The lowest BCUT2D eigenvalue weighted by Crippen LogP contribution is -2.45. The van der Waals surface area contributed by atoms with Crippen LogP contribution in [0.3, 0.4) is 0 Å². The zero-order chi connectivity index (χ0) is 18.2. The highest BCUT2D eigenvalue weighted by Gasteiger charge is 2.21. The molecule has 1 heterocycles. The molecule has 1 aliphatic heterocycles. The normalized spacial score (nSPS) is 15.7. The van der Waals surface area contributed by atoms with Crippen LogP contribution in [0.5, 0.6) is 0 Å². The van der Waals surface area contributed by atoms with Crippen LogP contribution in [-0.4, -0.2) is 36.5 Å². The lowest BCUT2D eigenvalue weighted by Gasteiger charge is -2.32. The molecule has 1 N–H and O–H groups in total. The molecule has 1 amide bonds. The van der Waals surface area contributed by atoms with Crippen molar-refractivity contribution < 1.29 is 4.79 Å². The summed E-state index contributed by atoms with van der Waals surface area (Å²) in [5.41, 5.74) is 3.14. The van der Waals surface area contributed by atoms with Gasteiger partial charge in [0.1, 0.15) is 0 Å². The maximum absolute atomic E-state index is 12.9. The van der Waals surface area contributed by atoms with E-state index in [2.05, 4.69) is 35.3 Å². The minimum absolute atomic E-state index is 0.0727. The average molecular weight is 351 g/mol. The number of unbranched alkanes of at least 4 members (excludes halogenated alkanes) is 1. The summed E-state index contributed by atoms with van der Waals surface area (Å²) in [6, 6.07) is 18.6. The summed E-state index contributed by atoms with van der Waals surface area (Å²) in [7, 11) is 0. The molecule has 26 heavy (non-hydrogen) atoms. The minimum Gasteiger partial charge on any atom is -0.349 e. The van der Waals surface area contributed by atoms with E-state index in [1.165, 1.54) is 24.9 Å². The fraction of sp³-hybridized carbons (Fsp3) is 0.435. The van der Waals surface area contributed by atoms with E-state index in [9.17, 15) is 4.79 Å². The molecular formula is C23H30N2O. The van der Waals surface area contributed by atoms with E-state index in [1.807, 2.05) is 36.4 Å².